The number of benzene rings is 3. The molecule has 0 radical (unpaired) electrons. The van der Waals surface area contributed by atoms with Crippen molar-refractivity contribution in [2.45, 2.75) is 13.8 Å². The molecule has 8 heteroatoms. The van der Waals surface area contributed by atoms with Crippen molar-refractivity contribution in [2.24, 2.45) is 0 Å². The lowest BCUT2D eigenvalue weighted by Crippen LogP contribution is -2.54. The lowest BCUT2D eigenvalue weighted by atomic mass is 10.1. The molecule has 3 aromatic carbocycles. The van der Waals surface area contributed by atoms with Crippen LogP contribution in [-0.4, -0.2) is 31.1 Å². The average Bonchev–Trinajstić information content (AvgIpc) is 2.82. The molecule has 4 rings (SSSR count). The van der Waals surface area contributed by atoms with Crippen LogP contribution in [0.4, 0.5) is 10.5 Å². The molecule has 7 nitrogen and oxygen atoms in total. The van der Waals surface area contributed by atoms with Gasteiger partial charge in [-0.2, -0.15) is 0 Å². The molecule has 0 spiro atoms. The summed E-state index contributed by atoms with van der Waals surface area (Å²) >= 11 is 5.89. The second-order valence-corrected chi connectivity index (χ2v) is 8.41. The van der Waals surface area contributed by atoms with Crippen molar-refractivity contribution < 1.29 is 23.9 Å². The van der Waals surface area contributed by atoms with Crippen molar-refractivity contribution in [3.63, 3.8) is 0 Å². The zero-order chi connectivity index (χ0) is 24.9. The van der Waals surface area contributed by atoms with E-state index in [1.54, 1.807) is 36.4 Å². The summed E-state index contributed by atoms with van der Waals surface area (Å²) in [4.78, 5) is 38.5. The number of nitrogens with one attached hydrogen (secondary N) is 1. The fraction of sp³-hybridized carbons (Fsp3) is 0.148. The van der Waals surface area contributed by atoms with E-state index in [1.807, 2.05) is 26.0 Å². The van der Waals surface area contributed by atoms with Crippen LogP contribution in [0.1, 0.15) is 16.7 Å². The molecule has 1 fully saturated rings. The van der Waals surface area contributed by atoms with Crippen LogP contribution in [0.25, 0.3) is 6.08 Å². The van der Waals surface area contributed by atoms with Gasteiger partial charge in [0.1, 0.15) is 30.3 Å². The molecule has 4 amide bonds. The summed E-state index contributed by atoms with van der Waals surface area (Å²) in [5, 5.41) is 2.66. The Hall–Kier alpha value is -4.10. The Bertz CT molecular complexity index is 1300. The third kappa shape index (κ3) is 5.70. The van der Waals surface area contributed by atoms with Crippen LogP contribution in [0.3, 0.4) is 0 Å². The van der Waals surface area contributed by atoms with Gasteiger partial charge in [0.2, 0.25) is 0 Å². The Labute approximate surface area is 207 Å². The van der Waals surface area contributed by atoms with Gasteiger partial charge in [0, 0.05) is 5.02 Å². The molecule has 0 bridgehead atoms. The zero-order valence-corrected chi connectivity index (χ0v) is 20.0. The van der Waals surface area contributed by atoms with Crippen LogP contribution in [0.15, 0.2) is 72.3 Å². The molecule has 0 aliphatic carbocycles. The van der Waals surface area contributed by atoms with E-state index in [9.17, 15) is 14.4 Å². The van der Waals surface area contributed by atoms with E-state index in [1.165, 1.54) is 23.8 Å². The normalized spacial score (nSPS) is 14.8. The van der Waals surface area contributed by atoms with Gasteiger partial charge in [-0.25, -0.2) is 9.69 Å². The number of anilines is 1. The highest BCUT2D eigenvalue weighted by Crippen LogP contribution is 2.24. The van der Waals surface area contributed by atoms with Gasteiger partial charge in [0.15, 0.2) is 0 Å². The lowest BCUT2D eigenvalue weighted by molar-refractivity contribution is -0.122. The molecule has 3 aromatic rings. The van der Waals surface area contributed by atoms with Crippen LogP contribution < -0.4 is 19.7 Å². The lowest BCUT2D eigenvalue weighted by Gasteiger charge is -2.26. The number of aryl methyl sites for hydroxylation is 2. The Kier molecular flexibility index (Phi) is 7.17. The first-order valence-corrected chi connectivity index (χ1v) is 11.3. The highest BCUT2D eigenvalue weighted by Gasteiger charge is 2.36. The minimum absolute atomic E-state index is 0.157. The van der Waals surface area contributed by atoms with Crippen LogP contribution in [0.2, 0.25) is 5.02 Å². The first-order chi connectivity index (χ1) is 16.8. The number of barbiturate groups is 1. The minimum atomic E-state index is -0.814. The van der Waals surface area contributed by atoms with Crippen molar-refractivity contribution in [3.05, 3.63) is 94.0 Å². The van der Waals surface area contributed by atoms with E-state index in [0.717, 1.165) is 16.2 Å². The van der Waals surface area contributed by atoms with E-state index in [-0.39, 0.29) is 5.57 Å². The molecule has 1 saturated heterocycles. The van der Waals surface area contributed by atoms with Crippen LogP contribution in [0, 0.1) is 13.8 Å². The number of rotatable bonds is 7. The summed E-state index contributed by atoms with van der Waals surface area (Å²) in [7, 11) is 0. The average molecular weight is 491 g/mol. The van der Waals surface area contributed by atoms with Gasteiger partial charge in [-0.15, -0.1) is 0 Å². The van der Waals surface area contributed by atoms with Crippen molar-refractivity contribution in [1.82, 2.24) is 5.32 Å². The van der Waals surface area contributed by atoms with Gasteiger partial charge >= 0.3 is 6.03 Å². The molecule has 1 aliphatic rings. The monoisotopic (exact) mass is 490 g/mol. The fourth-order valence-electron chi connectivity index (χ4n) is 3.58. The van der Waals surface area contributed by atoms with Crippen LogP contribution in [0.5, 0.6) is 11.5 Å². The molecule has 0 unspecified atom stereocenters. The number of carbonyl (C=O) groups excluding carboxylic acids is 3. The first kappa shape index (κ1) is 24.0. The summed E-state index contributed by atoms with van der Waals surface area (Å²) in [5.74, 6) is -0.0319. The molecule has 178 valence electrons. The molecule has 1 aliphatic heterocycles. The van der Waals surface area contributed by atoms with Gasteiger partial charge in [-0.3, -0.25) is 14.9 Å². The second-order valence-electron chi connectivity index (χ2n) is 7.97. The maximum atomic E-state index is 12.9. The summed E-state index contributed by atoms with van der Waals surface area (Å²) in [6.45, 7) is 4.77. The van der Waals surface area contributed by atoms with Gasteiger partial charge in [0.25, 0.3) is 11.8 Å². The number of amides is 4. The number of hydrogen-bond donors (Lipinski definition) is 1. The summed E-state index contributed by atoms with van der Waals surface area (Å²) < 4.78 is 11.5. The Balaban J connectivity index is 1.39. The summed E-state index contributed by atoms with van der Waals surface area (Å²) in [5.41, 5.74) is 3.00. The van der Waals surface area contributed by atoms with Gasteiger partial charge in [0.05, 0.1) is 5.69 Å². The maximum Gasteiger partial charge on any atom is 0.335 e. The Morgan fingerprint density at radius 3 is 2.26 bits per heavy atom. The van der Waals surface area contributed by atoms with Crippen molar-refractivity contribution in [3.8, 4) is 11.5 Å². The Morgan fingerprint density at radius 1 is 0.886 bits per heavy atom. The van der Waals surface area contributed by atoms with Gasteiger partial charge in [-0.05, 0) is 73.5 Å². The predicted molar refractivity (Wildman–Crippen MR) is 134 cm³/mol. The van der Waals surface area contributed by atoms with Gasteiger partial charge < -0.3 is 9.47 Å². The molecule has 0 aromatic heterocycles. The van der Waals surface area contributed by atoms with Crippen LogP contribution >= 0.6 is 11.6 Å². The van der Waals surface area contributed by atoms with E-state index in [0.29, 0.717) is 35.2 Å². The smallest absolute Gasteiger partial charge is 0.335 e. The molecule has 1 N–H and O–H groups in total. The number of ether oxygens (including phenoxy) is 2. The predicted octanol–water partition coefficient (Wildman–Crippen LogP) is 5.08. The van der Waals surface area contributed by atoms with Crippen molar-refractivity contribution in [2.75, 3.05) is 18.1 Å². The van der Waals surface area contributed by atoms with Crippen LogP contribution in [-0.2, 0) is 9.59 Å². The summed E-state index contributed by atoms with van der Waals surface area (Å²) in [6, 6.07) is 18.3. The number of carbonyl (C=O) groups is 3. The van der Waals surface area contributed by atoms with E-state index in [4.69, 9.17) is 21.1 Å². The third-order valence-corrected chi connectivity index (χ3v) is 5.57. The number of urea groups is 1. The molecule has 35 heavy (non-hydrogen) atoms. The summed E-state index contributed by atoms with van der Waals surface area (Å²) in [6.07, 6.45) is 1.43. The van der Waals surface area contributed by atoms with E-state index in [2.05, 4.69) is 11.4 Å². The number of imide groups is 2. The fourth-order valence-corrected chi connectivity index (χ4v) is 3.71. The van der Waals surface area contributed by atoms with Crippen molar-refractivity contribution >= 4 is 41.2 Å². The quantitative estimate of drug-likeness (QED) is 0.283. The molecular weight excluding hydrogens is 468 g/mol. The molecule has 1 heterocycles. The number of halogens is 1. The first-order valence-electron chi connectivity index (χ1n) is 10.9. The minimum Gasteiger partial charge on any atom is -0.490 e. The largest absolute Gasteiger partial charge is 0.490 e. The zero-order valence-electron chi connectivity index (χ0n) is 19.2. The third-order valence-electron chi connectivity index (χ3n) is 5.32. The van der Waals surface area contributed by atoms with Gasteiger partial charge in [-0.1, -0.05) is 41.4 Å². The van der Waals surface area contributed by atoms with E-state index < -0.39 is 17.8 Å². The SMILES string of the molecule is Cc1ccc(OCCOc2ccc(C=C3C(=O)NC(=O)N(c4ccc(Cl)cc4)C3=O)cc2)c(C)c1. The standard InChI is InChI=1S/C27H23ClN2O5/c1-17-3-12-24(18(2)15-17)35-14-13-34-22-10-4-19(5-11-22)16-23-25(31)29-27(33)30(26(23)32)21-8-6-20(28)7-9-21/h3-12,15-16H,13-14H2,1-2H3,(H,29,31,33). The Morgan fingerprint density at radius 2 is 1.57 bits per heavy atom. The highest BCUT2D eigenvalue weighted by atomic mass is 35.5. The maximum absolute atomic E-state index is 12.9. The highest BCUT2D eigenvalue weighted by molar-refractivity contribution is 6.39. The number of nitrogens with zero attached hydrogens (tertiary/aromatic N) is 1. The molecule has 0 atom stereocenters. The van der Waals surface area contributed by atoms with Crippen molar-refractivity contribution in [1.29, 1.82) is 0 Å². The van der Waals surface area contributed by atoms with E-state index >= 15 is 0 Å². The number of hydrogen-bond acceptors (Lipinski definition) is 5. The molecule has 0 saturated carbocycles. The second kappa shape index (κ2) is 10.4. The molecular formula is C27H23ClN2O5. The topological polar surface area (TPSA) is 84.9 Å².